The zero-order valence-corrected chi connectivity index (χ0v) is 12.3. The molecule has 1 aliphatic rings. The summed E-state index contributed by atoms with van der Waals surface area (Å²) >= 11 is 0. The molecule has 0 bridgehead atoms. The van der Waals surface area contributed by atoms with Crippen LogP contribution >= 0.6 is 0 Å². The molecule has 2 N–H and O–H groups in total. The van der Waals surface area contributed by atoms with Crippen molar-refractivity contribution in [2.45, 2.75) is 44.6 Å². The maximum Gasteiger partial charge on any atom is 0.258 e. The van der Waals surface area contributed by atoms with Crippen molar-refractivity contribution in [3.8, 4) is 11.5 Å². The third-order valence-electron chi connectivity index (χ3n) is 4.07. The van der Waals surface area contributed by atoms with Gasteiger partial charge in [0.15, 0.2) is 0 Å². The van der Waals surface area contributed by atoms with Crippen LogP contribution in [0.3, 0.4) is 0 Å². The molecular formula is C16H21N3O2. The highest BCUT2D eigenvalue weighted by atomic mass is 16.5. The van der Waals surface area contributed by atoms with E-state index in [-0.39, 0.29) is 5.60 Å². The number of rotatable bonds is 4. The van der Waals surface area contributed by atoms with Gasteiger partial charge in [0.25, 0.3) is 5.89 Å². The van der Waals surface area contributed by atoms with Crippen molar-refractivity contribution < 1.29 is 9.26 Å². The lowest BCUT2D eigenvalue weighted by Crippen LogP contribution is -2.33. The monoisotopic (exact) mass is 287 g/mol. The van der Waals surface area contributed by atoms with Crippen molar-refractivity contribution in [3.63, 3.8) is 0 Å². The van der Waals surface area contributed by atoms with Crippen molar-refractivity contribution in [3.05, 3.63) is 30.1 Å². The van der Waals surface area contributed by atoms with Gasteiger partial charge >= 0.3 is 0 Å². The highest BCUT2D eigenvalue weighted by Crippen LogP contribution is 2.39. The van der Waals surface area contributed by atoms with Gasteiger partial charge in [0.2, 0.25) is 5.82 Å². The summed E-state index contributed by atoms with van der Waals surface area (Å²) in [6, 6.07) is 7.44. The van der Waals surface area contributed by atoms with Crippen molar-refractivity contribution in [1.82, 2.24) is 10.1 Å². The fourth-order valence-corrected chi connectivity index (χ4v) is 2.98. The lowest BCUT2D eigenvalue weighted by molar-refractivity contribution is -0.0777. The van der Waals surface area contributed by atoms with E-state index in [4.69, 9.17) is 15.0 Å². The van der Waals surface area contributed by atoms with E-state index in [1.807, 2.05) is 31.2 Å². The summed E-state index contributed by atoms with van der Waals surface area (Å²) in [5, 5.41) is 4.19. The van der Waals surface area contributed by atoms with Crippen LogP contribution in [0.2, 0.25) is 0 Å². The molecule has 1 saturated carbocycles. The number of benzene rings is 1. The van der Waals surface area contributed by atoms with Crippen LogP contribution in [0, 0.1) is 0 Å². The molecule has 5 heteroatoms. The quantitative estimate of drug-likeness (QED) is 0.871. The maximum atomic E-state index is 6.02. The molecule has 1 aromatic heterocycles. The van der Waals surface area contributed by atoms with Crippen molar-refractivity contribution in [2.24, 2.45) is 0 Å². The maximum absolute atomic E-state index is 6.02. The molecule has 2 aromatic rings. The van der Waals surface area contributed by atoms with Crippen LogP contribution in [0.5, 0.6) is 0 Å². The first-order chi connectivity index (χ1) is 10.2. The van der Waals surface area contributed by atoms with Gasteiger partial charge in [-0.05, 0) is 44.0 Å². The highest BCUT2D eigenvalue weighted by Gasteiger charge is 2.39. The van der Waals surface area contributed by atoms with E-state index in [0.717, 1.165) is 36.9 Å². The van der Waals surface area contributed by atoms with E-state index in [9.17, 15) is 0 Å². The van der Waals surface area contributed by atoms with Crippen LogP contribution in [0.25, 0.3) is 11.5 Å². The van der Waals surface area contributed by atoms with Crippen molar-refractivity contribution in [2.75, 3.05) is 12.3 Å². The molecule has 5 nitrogen and oxygen atoms in total. The number of ether oxygens (including phenoxy) is 1. The summed E-state index contributed by atoms with van der Waals surface area (Å²) in [6.45, 7) is 2.67. The van der Waals surface area contributed by atoms with E-state index in [2.05, 4.69) is 10.1 Å². The molecule has 21 heavy (non-hydrogen) atoms. The standard InChI is InChI=1S/C16H21N3O2/c1-2-20-16(10-4-3-5-11-16)15-18-14(21-19-15)12-6-8-13(17)9-7-12/h6-9H,2-5,10-11,17H2,1H3. The molecule has 3 rings (SSSR count). The van der Waals surface area contributed by atoms with Gasteiger partial charge < -0.3 is 15.0 Å². The number of nitrogens with two attached hydrogens (primary N) is 1. The molecular weight excluding hydrogens is 266 g/mol. The SMILES string of the molecule is CCOC1(c2noc(-c3ccc(N)cc3)n2)CCCCC1. The summed E-state index contributed by atoms with van der Waals surface area (Å²) in [7, 11) is 0. The van der Waals surface area contributed by atoms with E-state index in [1.54, 1.807) is 0 Å². The Labute approximate surface area is 124 Å². The molecule has 0 unspecified atom stereocenters. The van der Waals surface area contributed by atoms with Gasteiger partial charge in [-0.2, -0.15) is 4.98 Å². The summed E-state index contributed by atoms with van der Waals surface area (Å²) < 4.78 is 11.5. The Morgan fingerprint density at radius 3 is 2.57 bits per heavy atom. The van der Waals surface area contributed by atoms with E-state index in [1.165, 1.54) is 6.42 Å². The predicted octanol–water partition coefficient (Wildman–Crippen LogP) is 3.51. The lowest BCUT2D eigenvalue weighted by Gasteiger charge is -2.33. The zero-order valence-electron chi connectivity index (χ0n) is 12.3. The molecule has 1 aromatic carbocycles. The zero-order chi connectivity index (χ0) is 14.7. The molecule has 1 aliphatic carbocycles. The summed E-state index contributed by atoms with van der Waals surface area (Å²) in [5.41, 5.74) is 6.93. The predicted molar refractivity (Wildman–Crippen MR) is 80.5 cm³/mol. The molecule has 0 atom stereocenters. The second-order valence-corrected chi connectivity index (χ2v) is 5.53. The number of anilines is 1. The smallest absolute Gasteiger partial charge is 0.258 e. The summed E-state index contributed by atoms with van der Waals surface area (Å²) in [6.07, 6.45) is 5.46. The van der Waals surface area contributed by atoms with Gasteiger partial charge in [0.1, 0.15) is 5.60 Å². The molecule has 112 valence electrons. The molecule has 0 aliphatic heterocycles. The van der Waals surface area contributed by atoms with E-state index < -0.39 is 0 Å². The number of aromatic nitrogens is 2. The first-order valence-corrected chi connectivity index (χ1v) is 7.57. The van der Waals surface area contributed by atoms with Gasteiger partial charge in [-0.1, -0.05) is 24.4 Å². The van der Waals surface area contributed by atoms with Crippen molar-refractivity contribution >= 4 is 5.69 Å². The number of hydrogen-bond acceptors (Lipinski definition) is 5. The molecule has 1 fully saturated rings. The topological polar surface area (TPSA) is 74.2 Å². The Morgan fingerprint density at radius 2 is 1.90 bits per heavy atom. The minimum absolute atomic E-state index is 0.372. The van der Waals surface area contributed by atoms with Gasteiger partial charge in [-0.15, -0.1) is 0 Å². The van der Waals surface area contributed by atoms with E-state index in [0.29, 0.717) is 18.3 Å². The third kappa shape index (κ3) is 2.78. The largest absolute Gasteiger partial charge is 0.399 e. The lowest BCUT2D eigenvalue weighted by atomic mass is 9.84. The Morgan fingerprint density at radius 1 is 1.19 bits per heavy atom. The molecule has 0 radical (unpaired) electrons. The minimum Gasteiger partial charge on any atom is -0.399 e. The molecule has 0 amide bonds. The molecule has 1 heterocycles. The summed E-state index contributed by atoms with van der Waals surface area (Å²) in [5.74, 6) is 1.20. The third-order valence-corrected chi connectivity index (χ3v) is 4.07. The van der Waals surface area contributed by atoms with Gasteiger partial charge in [0.05, 0.1) is 0 Å². The number of nitrogen functional groups attached to an aromatic ring is 1. The van der Waals surface area contributed by atoms with Crippen molar-refractivity contribution in [1.29, 1.82) is 0 Å². The van der Waals surface area contributed by atoms with E-state index >= 15 is 0 Å². The fourth-order valence-electron chi connectivity index (χ4n) is 2.98. The van der Waals surface area contributed by atoms with Crippen LogP contribution in [0.15, 0.2) is 28.8 Å². The number of nitrogens with zero attached hydrogens (tertiary/aromatic N) is 2. The summed E-state index contributed by atoms with van der Waals surface area (Å²) in [4.78, 5) is 4.58. The second kappa shape index (κ2) is 5.85. The highest BCUT2D eigenvalue weighted by molar-refractivity contribution is 5.57. The van der Waals surface area contributed by atoms with Gasteiger partial charge in [-0.25, -0.2) is 0 Å². The Bertz CT molecular complexity index is 580. The normalized spacial score (nSPS) is 17.8. The molecule has 0 saturated heterocycles. The average Bonchev–Trinajstić information content (AvgIpc) is 3.00. The van der Waals surface area contributed by atoms with Crippen LogP contribution < -0.4 is 5.73 Å². The second-order valence-electron chi connectivity index (χ2n) is 5.53. The fraction of sp³-hybridized carbons (Fsp3) is 0.500. The van der Waals surface area contributed by atoms with Crippen LogP contribution in [-0.2, 0) is 10.3 Å². The van der Waals surface area contributed by atoms with Crippen LogP contribution in [0.1, 0.15) is 44.9 Å². The Balaban J connectivity index is 1.90. The van der Waals surface area contributed by atoms with Crippen LogP contribution in [0.4, 0.5) is 5.69 Å². The Hall–Kier alpha value is -1.88. The van der Waals surface area contributed by atoms with Gasteiger partial charge in [-0.3, -0.25) is 0 Å². The first-order valence-electron chi connectivity index (χ1n) is 7.57. The number of hydrogen-bond donors (Lipinski definition) is 1. The first kappa shape index (κ1) is 14.1. The average molecular weight is 287 g/mol. The Kier molecular flexibility index (Phi) is 3.92. The molecule has 0 spiro atoms. The minimum atomic E-state index is -0.372. The van der Waals surface area contributed by atoms with Crippen LogP contribution in [-0.4, -0.2) is 16.7 Å². The van der Waals surface area contributed by atoms with Gasteiger partial charge in [0, 0.05) is 17.9 Å².